The van der Waals surface area contributed by atoms with Crippen LogP contribution in [0.3, 0.4) is 0 Å². The summed E-state index contributed by atoms with van der Waals surface area (Å²) < 4.78 is 72.1. The molecular formula is C18H12BrF4N2O6PS. The zero-order valence-electron chi connectivity index (χ0n) is 15.9. The van der Waals surface area contributed by atoms with E-state index in [-0.39, 0.29) is 32.7 Å². The molecule has 15 heteroatoms. The second kappa shape index (κ2) is 9.03. The molecular weight excluding hydrogens is 559 g/mol. The molecule has 3 rings (SSSR count). The summed E-state index contributed by atoms with van der Waals surface area (Å²) in [6.07, 6.45) is 0. The predicted molar refractivity (Wildman–Crippen MR) is 114 cm³/mol. The summed E-state index contributed by atoms with van der Waals surface area (Å²) in [5, 5.41) is 1.87. The molecule has 176 valence electrons. The van der Waals surface area contributed by atoms with Crippen molar-refractivity contribution in [1.82, 2.24) is 0 Å². The maximum absolute atomic E-state index is 14.3. The summed E-state index contributed by atoms with van der Waals surface area (Å²) in [5.74, 6) is -4.40. The summed E-state index contributed by atoms with van der Waals surface area (Å²) in [6.45, 7) is -0.856. The fourth-order valence-electron chi connectivity index (χ4n) is 2.65. The lowest BCUT2D eigenvalue weighted by molar-refractivity contribution is -0.118. The number of amides is 2. The normalized spacial score (nSPS) is 12.1. The minimum Gasteiger partial charge on any atom is -0.482 e. The van der Waals surface area contributed by atoms with E-state index in [1.807, 2.05) is 5.32 Å². The van der Waals surface area contributed by atoms with Crippen molar-refractivity contribution in [3.05, 3.63) is 56.9 Å². The minimum absolute atomic E-state index is 0.0880. The number of thiophene rings is 1. The highest BCUT2D eigenvalue weighted by Crippen LogP contribution is 2.63. The Morgan fingerprint density at radius 1 is 1.21 bits per heavy atom. The first-order valence-corrected chi connectivity index (χ1v) is 11.8. The lowest BCUT2D eigenvalue weighted by Crippen LogP contribution is -2.21. The van der Waals surface area contributed by atoms with Crippen molar-refractivity contribution < 1.29 is 46.2 Å². The maximum Gasteiger partial charge on any atom is 0.400 e. The molecule has 0 fully saturated rings. The van der Waals surface area contributed by atoms with Gasteiger partial charge in [-0.2, -0.15) is 8.78 Å². The second-order valence-corrected chi connectivity index (χ2v) is 9.94. The number of hydrogen-bond donors (Lipinski definition) is 4. The van der Waals surface area contributed by atoms with Gasteiger partial charge in [0.1, 0.15) is 27.9 Å². The monoisotopic (exact) mass is 570 g/mol. The van der Waals surface area contributed by atoms with Crippen molar-refractivity contribution in [2.75, 3.05) is 11.9 Å². The number of benzene rings is 2. The number of hydrogen-bond acceptors (Lipinski definition) is 5. The number of nitrogens with two attached hydrogens (primary N) is 1. The molecule has 0 aliphatic heterocycles. The third kappa shape index (κ3) is 4.89. The number of para-hydroxylation sites is 1. The van der Waals surface area contributed by atoms with E-state index >= 15 is 0 Å². The van der Waals surface area contributed by atoms with E-state index in [4.69, 9.17) is 20.3 Å². The van der Waals surface area contributed by atoms with Gasteiger partial charge in [0.05, 0.1) is 4.70 Å². The van der Waals surface area contributed by atoms with Gasteiger partial charge in [0.25, 0.3) is 5.91 Å². The van der Waals surface area contributed by atoms with Crippen LogP contribution in [0.5, 0.6) is 5.75 Å². The van der Waals surface area contributed by atoms with E-state index in [1.165, 1.54) is 0 Å². The molecule has 0 bridgehead atoms. The van der Waals surface area contributed by atoms with Crippen molar-refractivity contribution in [2.45, 2.75) is 5.66 Å². The first-order valence-electron chi connectivity index (χ1n) is 8.60. The quantitative estimate of drug-likeness (QED) is 0.247. The van der Waals surface area contributed by atoms with Crippen LogP contribution in [0.1, 0.15) is 15.2 Å². The summed E-state index contributed by atoms with van der Waals surface area (Å²) in [6, 6.07) is 5.03. The molecule has 3 aromatic rings. The van der Waals surface area contributed by atoms with Crippen molar-refractivity contribution in [3.8, 4) is 5.75 Å². The molecule has 0 spiro atoms. The van der Waals surface area contributed by atoms with Gasteiger partial charge in [-0.05, 0) is 40.2 Å². The molecule has 2 aromatic carbocycles. The standard InChI is InChI=1S/C18H12BrF4N2O6PS/c19-13-8-4-7(17(24)27)5-11(15(8)33-16(13)18(22,23)32(28,29)30)31-6-12(26)25-14-9(20)2-1-3-10(14)21/h1-5H,6H2,(H2,24,27)(H,25,26)(H2,28,29,30). The van der Waals surface area contributed by atoms with E-state index in [2.05, 4.69) is 15.9 Å². The number of anilines is 1. The smallest absolute Gasteiger partial charge is 0.400 e. The van der Waals surface area contributed by atoms with E-state index in [0.717, 1.165) is 30.3 Å². The zero-order chi connectivity index (χ0) is 24.7. The first kappa shape index (κ1) is 25.1. The summed E-state index contributed by atoms with van der Waals surface area (Å²) in [4.78, 5) is 40.8. The van der Waals surface area contributed by atoms with Crippen molar-refractivity contribution in [1.29, 1.82) is 0 Å². The Morgan fingerprint density at radius 3 is 2.36 bits per heavy atom. The van der Waals surface area contributed by atoms with Gasteiger partial charge in [-0.3, -0.25) is 14.2 Å². The highest BCUT2D eigenvalue weighted by atomic mass is 79.9. The molecule has 1 aromatic heterocycles. The average Bonchev–Trinajstić information content (AvgIpc) is 3.05. The van der Waals surface area contributed by atoms with Crippen LogP contribution in [0.25, 0.3) is 10.1 Å². The average molecular weight is 571 g/mol. The van der Waals surface area contributed by atoms with E-state index in [0.29, 0.717) is 0 Å². The molecule has 2 amide bonds. The molecule has 0 unspecified atom stereocenters. The molecule has 5 N–H and O–H groups in total. The highest BCUT2D eigenvalue weighted by Gasteiger charge is 2.53. The molecule has 0 aliphatic carbocycles. The van der Waals surface area contributed by atoms with Gasteiger partial charge >= 0.3 is 13.3 Å². The third-order valence-corrected chi connectivity index (χ3v) is 7.69. The van der Waals surface area contributed by atoms with Crippen LogP contribution >= 0.6 is 34.9 Å². The summed E-state index contributed by atoms with van der Waals surface area (Å²) in [7, 11) is -5.92. The van der Waals surface area contributed by atoms with Gasteiger partial charge < -0.3 is 25.6 Å². The van der Waals surface area contributed by atoms with Gasteiger partial charge in [0.15, 0.2) is 6.61 Å². The molecule has 0 atom stereocenters. The van der Waals surface area contributed by atoms with Crippen LogP contribution in [-0.2, 0) is 15.0 Å². The Hall–Kier alpha value is -2.51. The number of carbonyl (C=O) groups is 2. The molecule has 1 heterocycles. The van der Waals surface area contributed by atoms with E-state index in [1.54, 1.807) is 0 Å². The van der Waals surface area contributed by atoms with Crippen LogP contribution in [0.15, 0.2) is 34.8 Å². The van der Waals surface area contributed by atoms with Crippen LogP contribution in [0, 0.1) is 11.6 Å². The number of alkyl halides is 2. The van der Waals surface area contributed by atoms with E-state index in [9.17, 15) is 31.7 Å². The molecule has 0 radical (unpaired) electrons. The van der Waals surface area contributed by atoms with Gasteiger partial charge in [0.2, 0.25) is 5.91 Å². The number of carbonyl (C=O) groups excluding carboxylic acids is 2. The Kier molecular flexibility index (Phi) is 6.87. The molecule has 33 heavy (non-hydrogen) atoms. The molecule has 0 aliphatic rings. The van der Waals surface area contributed by atoms with E-state index < -0.39 is 58.4 Å². The van der Waals surface area contributed by atoms with Crippen LogP contribution < -0.4 is 15.8 Å². The fourth-order valence-corrected chi connectivity index (χ4v) is 5.63. The Morgan fingerprint density at radius 2 is 1.82 bits per heavy atom. The lowest BCUT2D eigenvalue weighted by atomic mass is 10.1. The second-order valence-electron chi connectivity index (χ2n) is 6.48. The van der Waals surface area contributed by atoms with Crippen molar-refractivity contribution in [3.63, 3.8) is 0 Å². The van der Waals surface area contributed by atoms with Crippen molar-refractivity contribution >= 4 is 62.5 Å². The number of primary amides is 1. The number of halogens is 5. The van der Waals surface area contributed by atoms with Gasteiger partial charge in [-0.25, -0.2) is 8.78 Å². The lowest BCUT2D eigenvalue weighted by Gasteiger charge is -2.16. The topological polar surface area (TPSA) is 139 Å². The zero-order valence-corrected chi connectivity index (χ0v) is 19.2. The van der Waals surface area contributed by atoms with Gasteiger partial charge in [-0.1, -0.05) is 6.07 Å². The SMILES string of the molecule is NC(=O)c1cc(OCC(=O)Nc2c(F)cccc2F)c2sc(C(F)(F)P(=O)(O)O)c(Br)c2c1. The predicted octanol–water partition coefficient (Wildman–Crippen LogP) is 4.29. The molecule has 8 nitrogen and oxygen atoms in total. The Balaban J connectivity index is 2.00. The number of rotatable bonds is 7. The van der Waals surface area contributed by atoms with Crippen LogP contribution in [0.4, 0.5) is 23.2 Å². The number of nitrogens with one attached hydrogen (secondary N) is 1. The summed E-state index contributed by atoms with van der Waals surface area (Å²) >= 11 is 3.10. The fraction of sp³-hybridized carbons (Fsp3) is 0.111. The first-order chi connectivity index (χ1) is 15.2. The third-order valence-electron chi connectivity index (χ3n) is 4.20. The number of fused-ring (bicyclic) bond motifs is 1. The largest absolute Gasteiger partial charge is 0.482 e. The Bertz CT molecular complexity index is 1310. The van der Waals surface area contributed by atoms with Gasteiger partial charge in [0, 0.05) is 15.4 Å². The Labute approximate surface area is 194 Å². The van der Waals surface area contributed by atoms with Gasteiger partial charge in [-0.15, -0.1) is 11.3 Å². The van der Waals surface area contributed by atoms with Crippen LogP contribution in [0.2, 0.25) is 0 Å². The maximum atomic E-state index is 14.3. The molecule has 0 saturated heterocycles. The summed E-state index contributed by atoms with van der Waals surface area (Å²) in [5.41, 5.74) is -0.286. The highest BCUT2D eigenvalue weighted by molar-refractivity contribution is 9.10. The van der Waals surface area contributed by atoms with Crippen LogP contribution in [-0.4, -0.2) is 28.2 Å². The number of ether oxygens (including phenoxy) is 1. The minimum atomic E-state index is -5.92. The molecule has 0 saturated carbocycles. The van der Waals surface area contributed by atoms with Crippen molar-refractivity contribution in [2.24, 2.45) is 5.73 Å².